The van der Waals surface area contributed by atoms with Crippen LogP contribution < -0.4 is 20.1 Å². The first kappa shape index (κ1) is 23.7. The van der Waals surface area contributed by atoms with Crippen LogP contribution in [0.4, 0.5) is 0 Å². The number of pyridine rings is 1. The van der Waals surface area contributed by atoms with Crippen molar-refractivity contribution in [1.82, 2.24) is 25.2 Å². The van der Waals surface area contributed by atoms with Crippen LogP contribution in [0.25, 0.3) is 5.65 Å². The Bertz CT molecular complexity index is 946. The summed E-state index contributed by atoms with van der Waals surface area (Å²) in [4.78, 5) is 4.26. The van der Waals surface area contributed by atoms with Gasteiger partial charge in [0.15, 0.2) is 11.6 Å². The first-order chi connectivity index (χ1) is 14.2. The number of rotatable bonds is 9. The topological polar surface area (TPSA) is 85.1 Å². The summed E-state index contributed by atoms with van der Waals surface area (Å²) in [5.41, 5.74) is 0.873. The van der Waals surface area contributed by atoms with Crippen molar-refractivity contribution in [3.63, 3.8) is 0 Å². The molecule has 0 aliphatic carbocycles. The molecule has 2 N–H and O–H groups in total. The summed E-state index contributed by atoms with van der Waals surface area (Å²) in [5.74, 6) is 3.27. The molecule has 3 aromatic rings. The van der Waals surface area contributed by atoms with Crippen LogP contribution in [0.1, 0.15) is 19.2 Å². The van der Waals surface area contributed by atoms with Gasteiger partial charge < -0.3 is 20.1 Å². The number of methoxy groups -OCH3 is 1. The van der Waals surface area contributed by atoms with Crippen LogP contribution in [0, 0.1) is 0 Å². The maximum Gasteiger partial charge on any atom is 0.191 e. The van der Waals surface area contributed by atoms with Gasteiger partial charge in [0.05, 0.1) is 13.7 Å². The summed E-state index contributed by atoms with van der Waals surface area (Å²) >= 11 is 0. The fraction of sp³-hybridized carbons (Fsp3) is 0.381. The third-order valence-corrected chi connectivity index (χ3v) is 4.41. The zero-order valence-corrected chi connectivity index (χ0v) is 19.9. The number of benzene rings is 1. The normalized spacial score (nSPS) is 12.2. The Morgan fingerprint density at radius 3 is 2.77 bits per heavy atom. The van der Waals surface area contributed by atoms with Gasteiger partial charge >= 0.3 is 0 Å². The minimum Gasteiger partial charge on any atom is -0.497 e. The fourth-order valence-corrected chi connectivity index (χ4v) is 2.92. The van der Waals surface area contributed by atoms with Gasteiger partial charge in [-0.2, -0.15) is 0 Å². The van der Waals surface area contributed by atoms with Crippen LogP contribution in [0.5, 0.6) is 11.5 Å². The van der Waals surface area contributed by atoms with Gasteiger partial charge in [-0.1, -0.05) is 12.1 Å². The van der Waals surface area contributed by atoms with Crippen molar-refractivity contribution >= 4 is 35.6 Å². The van der Waals surface area contributed by atoms with Crippen LogP contribution in [0.15, 0.2) is 53.7 Å². The zero-order valence-electron chi connectivity index (χ0n) is 17.5. The molecule has 2 heterocycles. The average molecular weight is 524 g/mol. The number of ether oxygens (including phenoxy) is 2. The lowest BCUT2D eigenvalue weighted by Gasteiger charge is -2.18. The molecule has 30 heavy (non-hydrogen) atoms. The highest BCUT2D eigenvalue weighted by atomic mass is 127. The standard InChI is InChI=1S/C21H28N6O2.HI/c1-16(29-18-9-6-8-17(14-18)28-3)15-24-21(22-2)23-12-7-11-20-26-25-19-10-4-5-13-27(19)20;/h4-6,8-10,13-14,16H,7,11-12,15H2,1-3H3,(H2,22,23,24);1H. The van der Waals surface area contributed by atoms with Gasteiger partial charge in [0.2, 0.25) is 0 Å². The second kappa shape index (κ2) is 12.2. The fourth-order valence-electron chi connectivity index (χ4n) is 2.92. The number of aromatic nitrogens is 3. The molecule has 0 aliphatic rings. The Kier molecular flexibility index (Phi) is 9.65. The minimum absolute atomic E-state index is 0. The molecule has 0 amide bonds. The van der Waals surface area contributed by atoms with Crippen LogP contribution in [0.2, 0.25) is 0 Å². The predicted octanol–water partition coefficient (Wildman–Crippen LogP) is 2.92. The monoisotopic (exact) mass is 524 g/mol. The molecule has 9 heteroatoms. The summed E-state index contributed by atoms with van der Waals surface area (Å²) in [6.07, 6.45) is 3.72. The molecule has 3 rings (SSSR count). The van der Waals surface area contributed by atoms with Crippen molar-refractivity contribution < 1.29 is 9.47 Å². The third-order valence-electron chi connectivity index (χ3n) is 4.41. The van der Waals surface area contributed by atoms with E-state index < -0.39 is 0 Å². The van der Waals surface area contributed by atoms with E-state index in [1.54, 1.807) is 14.2 Å². The lowest BCUT2D eigenvalue weighted by atomic mass is 10.3. The van der Waals surface area contributed by atoms with Gasteiger partial charge in [-0.15, -0.1) is 34.2 Å². The van der Waals surface area contributed by atoms with E-state index in [-0.39, 0.29) is 30.1 Å². The number of nitrogens with one attached hydrogen (secondary N) is 2. The number of nitrogens with zero attached hydrogens (tertiary/aromatic N) is 4. The molecule has 1 unspecified atom stereocenters. The molecule has 1 atom stereocenters. The van der Waals surface area contributed by atoms with E-state index in [4.69, 9.17) is 9.47 Å². The Hall–Kier alpha value is -2.56. The highest BCUT2D eigenvalue weighted by molar-refractivity contribution is 14.0. The molecule has 1 aromatic carbocycles. The number of hydrogen-bond acceptors (Lipinski definition) is 5. The Morgan fingerprint density at radius 2 is 1.97 bits per heavy atom. The van der Waals surface area contributed by atoms with E-state index in [9.17, 15) is 0 Å². The van der Waals surface area contributed by atoms with Gasteiger partial charge in [-0.05, 0) is 37.6 Å². The summed E-state index contributed by atoms with van der Waals surface area (Å²) in [7, 11) is 3.40. The van der Waals surface area contributed by atoms with Crippen LogP contribution in [-0.4, -0.2) is 53.9 Å². The smallest absolute Gasteiger partial charge is 0.191 e. The van der Waals surface area contributed by atoms with Gasteiger partial charge in [0.1, 0.15) is 23.4 Å². The van der Waals surface area contributed by atoms with E-state index in [0.29, 0.717) is 6.54 Å². The number of halogens is 1. The molecule has 0 bridgehead atoms. The Labute approximate surface area is 194 Å². The van der Waals surface area contributed by atoms with Crippen LogP contribution >= 0.6 is 24.0 Å². The Balaban J connectivity index is 0.00000320. The summed E-state index contributed by atoms with van der Waals surface area (Å²) in [5, 5.41) is 15.0. The van der Waals surface area contributed by atoms with Crippen molar-refractivity contribution in [2.75, 3.05) is 27.2 Å². The van der Waals surface area contributed by atoms with Gasteiger partial charge in [0.25, 0.3) is 0 Å². The number of hydrogen-bond donors (Lipinski definition) is 2. The lowest BCUT2D eigenvalue weighted by Crippen LogP contribution is -2.42. The van der Waals surface area contributed by atoms with E-state index >= 15 is 0 Å². The van der Waals surface area contributed by atoms with Crippen molar-refractivity contribution in [3.05, 3.63) is 54.5 Å². The number of aliphatic imine (C=N–C) groups is 1. The zero-order chi connectivity index (χ0) is 20.5. The second-order valence-corrected chi connectivity index (χ2v) is 6.64. The number of fused-ring (bicyclic) bond motifs is 1. The minimum atomic E-state index is -0.0250. The lowest BCUT2D eigenvalue weighted by molar-refractivity contribution is 0.223. The molecule has 0 fully saturated rings. The average Bonchev–Trinajstić information content (AvgIpc) is 3.16. The summed E-state index contributed by atoms with van der Waals surface area (Å²) in [6.45, 7) is 3.43. The van der Waals surface area contributed by atoms with E-state index in [2.05, 4.69) is 25.8 Å². The SMILES string of the molecule is CN=C(NCCCc1nnc2ccccn12)NCC(C)Oc1cccc(OC)c1.I. The Morgan fingerprint density at radius 1 is 1.13 bits per heavy atom. The van der Waals surface area contributed by atoms with E-state index in [0.717, 1.165) is 48.3 Å². The van der Waals surface area contributed by atoms with Crippen molar-refractivity contribution in [2.24, 2.45) is 4.99 Å². The molecule has 162 valence electrons. The van der Waals surface area contributed by atoms with Gasteiger partial charge in [0, 0.05) is 32.3 Å². The third kappa shape index (κ3) is 6.75. The highest BCUT2D eigenvalue weighted by Crippen LogP contribution is 2.19. The van der Waals surface area contributed by atoms with Crippen LogP contribution in [-0.2, 0) is 6.42 Å². The number of aryl methyl sites for hydroxylation is 1. The first-order valence-corrected chi connectivity index (χ1v) is 9.73. The van der Waals surface area contributed by atoms with Crippen molar-refractivity contribution in [2.45, 2.75) is 25.9 Å². The van der Waals surface area contributed by atoms with Crippen molar-refractivity contribution in [3.8, 4) is 11.5 Å². The van der Waals surface area contributed by atoms with Crippen LogP contribution in [0.3, 0.4) is 0 Å². The first-order valence-electron chi connectivity index (χ1n) is 9.73. The molecule has 0 spiro atoms. The molecule has 2 aromatic heterocycles. The molecule has 0 radical (unpaired) electrons. The molecular formula is C21H29IN6O2. The van der Waals surface area contributed by atoms with E-state index in [1.807, 2.05) is 60.0 Å². The molecule has 0 saturated heterocycles. The summed E-state index contributed by atoms with van der Waals surface area (Å²) in [6, 6.07) is 13.5. The van der Waals surface area contributed by atoms with Gasteiger partial charge in [-0.3, -0.25) is 9.39 Å². The number of guanidine groups is 1. The molecule has 0 aliphatic heterocycles. The van der Waals surface area contributed by atoms with E-state index in [1.165, 1.54) is 0 Å². The summed E-state index contributed by atoms with van der Waals surface area (Å²) < 4.78 is 13.2. The largest absolute Gasteiger partial charge is 0.497 e. The quantitative estimate of drug-likeness (QED) is 0.194. The second-order valence-electron chi connectivity index (χ2n) is 6.64. The maximum absolute atomic E-state index is 5.92. The molecule has 8 nitrogen and oxygen atoms in total. The molecule has 0 saturated carbocycles. The maximum atomic E-state index is 5.92. The van der Waals surface area contributed by atoms with Gasteiger partial charge in [-0.25, -0.2) is 0 Å². The molecular weight excluding hydrogens is 495 g/mol. The predicted molar refractivity (Wildman–Crippen MR) is 129 cm³/mol. The van der Waals surface area contributed by atoms with Crippen molar-refractivity contribution in [1.29, 1.82) is 0 Å². The highest BCUT2D eigenvalue weighted by Gasteiger charge is 2.07.